The summed E-state index contributed by atoms with van der Waals surface area (Å²) in [4.78, 5) is 18.2. The van der Waals surface area contributed by atoms with Gasteiger partial charge >= 0.3 is 0 Å². The fourth-order valence-electron chi connectivity index (χ4n) is 4.84. The lowest BCUT2D eigenvalue weighted by atomic mass is 9.82. The van der Waals surface area contributed by atoms with Gasteiger partial charge in [-0.2, -0.15) is 0 Å². The van der Waals surface area contributed by atoms with Gasteiger partial charge in [-0.25, -0.2) is 8.78 Å². The standard InChI is InChI=1S/C20H28F2N2O2S/c1-14-13-20(5-7-23(14)8-9-24-6-2-3-18(24)25)19-15(4-10-26-20)11-16(27-19)12-17(21)22/h11,14,17H,2-10,12-13H2,1H3/t14-,20+/m0/s1. The number of likely N-dealkylation sites (tertiary alicyclic amines) is 2. The van der Waals surface area contributed by atoms with Gasteiger partial charge in [-0.15, -0.1) is 11.3 Å². The van der Waals surface area contributed by atoms with E-state index in [1.807, 2.05) is 11.0 Å². The van der Waals surface area contributed by atoms with Crippen molar-refractivity contribution in [3.63, 3.8) is 0 Å². The van der Waals surface area contributed by atoms with Gasteiger partial charge in [0, 0.05) is 54.8 Å². The molecule has 7 heteroatoms. The summed E-state index contributed by atoms with van der Waals surface area (Å²) < 4.78 is 31.9. The minimum absolute atomic E-state index is 0.153. The normalized spacial score (nSPS) is 29.1. The predicted octanol–water partition coefficient (Wildman–Crippen LogP) is 3.43. The number of hydrogen-bond acceptors (Lipinski definition) is 4. The Hall–Kier alpha value is -1.05. The lowest BCUT2D eigenvalue weighted by Crippen LogP contribution is -2.51. The summed E-state index contributed by atoms with van der Waals surface area (Å²) in [5.74, 6) is 0.279. The zero-order valence-electron chi connectivity index (χ0n) is 15.9. The fraction of sp³-hybridized carbons (Fsp3) is 0.750. The highest BCUT2D eigenvalue weighted by atomic mass is 32.1. The highest BCUT2D eigenvalue weighted by Crippen LogP contribution is 2.47. The van der Waals surface area contributed by atoms with E-state index in [0.29, 0.717) is 19.1 Å². The zero-order valence-corrected chi connectivity index (χ0v) is 16.7. The second kappa shape index (κ2) is 7.76. The van der Waals surface area contributed by atoms with Crippen LogP contribution in [0.1, 0.15) is 47.9 Å². The number of carbonyl (C=O) groups excluding carboxylic acids is 1. The number of thiophene rings is 1. The van der Waals surface area contributed by atoms with E-state index in [9.17, 15) is 13.6 Å². The van der Waals surface area contributed by atoms with Crippen molar-refractivity contribution in [3.8, 4) is 0 Å². The predicted molar refractivity (Wildman–Crippen MR) is 101 cm³/mol. The van der Waals surface area contributed by atoms with E-state index in [1.54, 1.807) is 0 Å². The first-order chi connectivity index (χ1) is 13.0. The topological polar surface area (TPSA) is 32.8 Å². The molecule has 0 N–H and O–H groups in total. The van der Waals surface area contributed by atoms with E-state index in [0.717, 1.165) is 56.7 Å². The SMILES string of the molecule is C[C@H]1C[C@@]2(CCN1CCN1CCCC1=O)OCCc1cc(CC(F)F)sc12. The van der Waals surface area contributed by atoms with Crippen molar-refractivity contribution in [3.05, 3.63) is 21.4 Å². The van der Waals surface area contributed by atoms with Gasteiger partial charge in [0.05, 0.1) is 6.61 Å². The number of nitrogens with zero attached hydrogens (tertiary/aromatic N) is 2. The van der Waals surface area contributed by atoms with E-state index in [-0.39, 0.29) is 17.9 Å². The number of carbonyl (C=O) groups is 1. The van der Waals surface area contributed by atoms with Crippen LogP contribution in [0.15, 0.2) is 6.07 Å². The number of halogens is 2. The molecule has 150 valence electrons. The summed E-state index contributed by atoms with van der Waals surface area (Å²) in [5.41, 5.74) is 0.906. The molecule has 4 heterocycles. The third-order valence-electron chi connectivity index (χ3n) is 6.26. The quantitative estimate of drug-likeness (QED) is 0.762. The first-order valence-corrected chi connectivity index (χ1v) is 10.8. The molecule has 1 amide bonds. The molecule has 0 aliphatic carbocycles. The maximum Gasteiger partial charge on any atom is 0.243 e. The monoisotopic (exact) mass is 398 g/mol. The van der Waals surface area contributed by atoms with Crippen LogP contribution in [0, 0.1) is 0 Å². The van der Waals surface area contributed by atoms with Crippen molar-refractivity contribution in [2.24, 2.45) is 0 Å². The summed E-state index contributed by atoms with van der Waals surface area (Å²) in [5, 5.41) is 0. The van der Waals surface area contributed by atoms with Crippen molar-refractivity contribution in [1.82, 2.24) is 9.80 Å². The number of rotatable bonds is 5. The molecular formula is C20H28F2N2O2S. The molecule has 4 rings (SSSR count). The average Bonchev–Trinajstić information content (AvgIpc) is 3.20. The van der Waals surface area contributed by atoms with Gasteiger partial charge in [0.2, 0.25) is 12.3 Å². The lowest BCUT2D eigenvalue weighted by molar-refractivity contribution is -0.129. The van der Waals surface area contributed by atoms with Crippen LogP contribution in [0.3, 0.4) is 0 Å². The number of ether oxygens (including phenoxy) is 1. The van der Waals surface area contributed by atoms with Crippen LogP contribution in [-0.2, 0) is 28.0 Å². The van der Waals surface area contributed by atoms with Gasteiger partial charge in [-0.3, -0.25) is 9.69 Å². The van der Waals surface area contributed by atoms with Gasteiger partial charge in [0.1, 0.15) is 5.60 Å². The third kappa shape index (κ3) is 3.91. The van der Waals surface area contributed by atoms with Crippen LogP contribution in [0.2, 0.25) is 0 Å². The minimum Gasteiger partial charge on any atom is -0.369 e. The number of piperidine rings is 1. The van der Waals surface area contributed by atoms with Gasteiger partial charge in [0.25, 0.3) is 0 Å². The number of amides is 1. The Morgan fingerprint density at radius 2 is 2.19 bits per heavy atom. The maximum atomic E-state index is 12.8. The molecule has 0 bridgehead atoms. The van der Waals surface area contributed by atoms with Crippen LogP contribution in [-0.4, -0.2) is 61.0 Å². The van der Waals surface area contributed by atoms with Crippen molar-refractivity contribution < 1.29 is 18.3 Å². The third-order valence-corrected chi connectivity index (χ3v) is 7.64. The van der Waals surface area contributed by atoms with E-state index >= 15 is 0 Å². The molecule has 0 unspecified atom stereocenters. The molecule has 1 aromatic rings. The molecule has 3 aliphatic heterocycles. The number of hydrogen-bond donors (Lipinski definition) is 0. The molecule has 2 fully saturated rings. The minimum atomic E-state index is -2.30. The molecule has 1 aromatic heterocycles. The Morgan fingerprint density at radius 3 is 2.89 bits per heavy atom. The van der Waals surface area contributed by atoms with Crippen molar-refractivity contribution in [2.75, 3.05) is 32.8 Å². The van der Waals surface area contributed by atoms with Crippen LogP contribution in [0.5, 0.6) is 0 Å². The number of alkyl halides is 2. The number of fused-ring (bicyclic) bond motifs is 2. The molecule has 0 aromatic carbocycles. The molecule has 2 atom stereocenters. The summed E-state index contributed by atoms with van der Waals surface area (Å²) in [6.45, 7) is 6.41. The molecule has 27 heavy (non-hydrogen) atoms. The fourth-order valence-corrected chi connectivity index (χ4v) is 6.24. The van der Waals surface area contributed by atoms with E-state index < -0.39 is 6.43 Å². The molecule has 0 radical (unpaired) electrons. The largest absolute Gasteiger partial charge is 0.369 e. The Labute approximate surface area is 163 Å². The second-order valence-electron chi connectivity index (χ2n) is 8.08. The molecule has 4 nitrogen and oxygen atoms in total. The van der Waals surface area contributed by atoms with E-state index in [2.05, 4.69) is 11.8 Å². The highest BCUT2D eigenvalue weighted by molar-refractivity contribution is 7.12. The first-order valence-electron chi connectivity index (χ1n) is 10.0. The lowest BCUT2D eigenvalue weighted by Gasteiger charge is -2.47. The van der Waals surface area contributed by atoms with Crippen molar-refractivity contribution in [2.45, 2.75) is 63.5 Å². The summed E-state index contributed by atoms with van der Waals surface area (Å²) in [6, 6.07) is 2.33. The van der Waals surface area contributed by atoms with Gasteiger partial charge in [-0.1, -0.05) is 0 Å². The van der Waals surface area contributed by atoms with Crippen LogP contribution >= 0.6 is 11.3 Å². The molecular weight excluding hydrogens is 370 g/mol. The Morgan fingerprint density at radius 1 is 1.33 bits per heavy atom. The summed E-state index contributed by atoms with van der Waals surface area (Å²) in [7, 11) is 0. The molecule has 0 saturated carbocycles. The van der Waals surface area contributed by atoms with Gasteiger partial charge in [0.15, 0.2) is 0 Å². The Bertz CT molecular complexity index is 696. The first kappa shape index (κ1) is 19.3. The van der Waals surface area contributed by atoms with Crippen molar-refractivity contribution >= 4 is 17.2 Å². The van der Waals surface area contributed by atoms with Gasteiger partial charge < -0.3 is 9.64 Å². The maximum absolute atomic E-state index is 12.8. The molecule has 3 aliphatic rings. The summed E-state index contributed by atoms with van der Waals surface area (Å²) >= 11 is 1.53. The van der Waals surface area contributed by atoms with Crippen LogP contribution < -0.4 is 0 Å². The van der Waals surface area contributed by atoms with Gasteiger partial charge in [-0.05, 0) is 44.2 Å². The molecule has 1 spiro atoms. The Kier molecular flexibility index (Phi) is 5.54. The van der Waals surface area contributed by atoms with Crippen LogP contribution in [0.4, 0.5) is 8.78 Å². The molecule has 2 saturated heterocycles. The smallest absolute Gasteiger partial charge is 0.243 e. The second-order valence-corrected chi connectivity index (χ2v) is 9.22. The highest BCUT2D eigenvalue weighted by Gasteiger charge is 2.45. The average molecular weight is 399 g/mol. The van der Waals surface area contributed by atoms with Crippen molar-refractivity contribution in [1.29, 1.82) is 0 Å². The van der Waals surface area contributed by atoms with Crippen LogP contribution in [0.25, 0.3) is 0 Å². The zero-order chi connectivity index (χ0) is 19.0. The summed E-state index contributed by atoms with van der Waals surface area (Å²) in [6.07, 6.45) is 1.83. The van der Waals surface area contributed by atoms with E-state index in [4.69, 9.17) is 4.74 Å². The Balaban J connectivity index is 1.43. The van der Waals surface area contributed by atoms with E-state index in [1.165, 1.54) is 21.8 Å².